The molecule has 0 aliphatic rings. The number of hydrogen-bond donors (Lipinski definition) is 4. The molecule has 3 aromatic rings. The second kappa shape index (κ2) is 8.62. The Kier molecular flexibility index (Phi) is 5.99. The van der Waals surface area contributed by atoms with Crippen LogP contribution in [0.15, 0.2) is 48.7 Å². The lowest BCUT2D eigenvalue weighted by atomic mass is 9.94. The van der Waals surface area contributed by atoms with Gasteiger partial charge in [0.1, 0.15) is 5.82 Å². The number of nitrogens with zero attached hydrogens (tertiary/aromatic N) is 1. The maximum atomic E-state index is 13.7. The number of pyridine rings is 1. The Balaban J connectivity index is 2.17. The van der Waals surface area contributed by atoms with Gasteiger partial charge in [0.05, 0.1) is 23.6 Å². The van der Waals surface area contributed by atoms with Crippen LogP contribution in [0.5, 0.6) is 0 Å². The number of aliphatic hydroxyl groups is 1. The van der Waals surface area contributed by atoms with Gasteiger partial charge in [-0.05, 0) is 54.4 Å². The van der Waals surface area contributed by atoms with E-state index < -0.39 is 5.91 Å². The summed E-state index contributed by atoms with van der Waals surface area (Å²) in [6.45, 7) is 1.58. The molecule has 0 saturated carbocycles. The van der Waals surface area contributed by atoms with Crippen LogP contribution in [0.2, 0.25) is 0 Å². The normalized spacial score (nSPS) is 10.6. The van der Waals surface area contributed by atoms with E-state index in [1.54, 1.807) is 43.5 Å². The van der Waals surface area contributed by atoms with Crippen LogP contribution in [0.4, 0.5) is 10.1 Å². The Hall–Kier alpha value is -3.58. The molecule has 6 nitrogen and oxygen atoms in total. The average molecular weight is 392 g/mol. The number of carbonyl (C=O) groups is 1. The molecule has 29 heavy (non-hydrogen) atoms. The summed E-state index contributed by atoms with van der Waals surface area (Å²) < 4.78 is 13.7. The molecule has 7 heteroatoms. The van der Waals surface area contributed by atoms with E-state index >= 15 is 0 Å². The average Bonchev–Trinajstić information content (AvgIpc) is 2.74. The molecular formula is C22H21FN4O2. The Bertz CT molecular complexity index is 1080. The zero-order valence-corrected chi connectivity index (χ0v) is 15.9. The fraction of sp³-hybridized carbons (Fsp3) is 0.136. The molecule has 0 unspecified atom stereocenters. The molecular weight excluding hydrogens is 371 g/mol. The molecule has 0 fully saturated rings. The monoisotopic (exact) mass is 392 g/mol. The number of carbonyl (C=O) groups excluding carboxylic acids is 1. The standard InChI is InChI=1S/C22H21FN4O2/c1-13-9-14(4-5-19(13)23)21-17(3-2-6-26-21)15-10-16(12-24)20(25)18(11-15)22(29)27-7-8-28/h2-6,9-12,24,28H,7-8,25H2,1H3,(H,27,29). The molecule has 0 aliphatic heterocycles. The molecule has 148 valence electrons. The number of aryl methyl sites for hydroxylation is 1. The van der Waals surface area contributed by atoms with Crippen LogP contribution in [-0.4, -0.2) is 35.4 Å². The smallest absolute Gasteiger partial charge is 0.253 e. The molecule has 0 spiro atoms. The van der Waals surface area contributed by atoms with Crippen LogP contribution in [0.3, 0.4) is 0 Å². The fourth-order valence-electron chi connectivity index (χ4n) is 3.06. The van der Waals surface area contributed by atoms with Gasteiger partial charge < -0.3 is 21.6 Å². The van der Waals surface area contributed by atoms with Gasteiger partial charge in [0.25, 0.3) is 5.91 Å². The van der Waals surface area contributed by atoms with Gasteiger partial charge in [-0.3, -0.25) is 9.78 Å². The van der Waals surface area contributed by atoms with E-state index in [-0.39, 0.29) is 30.2 Å². The number of nitrogens with one attached hydrogen (secondary N) is 2. The number of hydrogen-bond acceptors (Lipinski definition) is 5. The predicted octanol–water partition coefficient (Wildman–Crippen LogP) is 3.17. The van der Waals surface area contributed by atoms with Gasteiger partial charge in [-0.15, -0.1) is 0 Å². The number of nitrogens with two attached hydrogens (primary N) is 1. The predicted molar refractivity (Wildman–Crippen MR) is 112 cm³/mol. The van der Waals surface area contributed by atoms with Crippen molar-refractivity contribution in [3.05, 3.63) is 71.2 Å². The van der Waals surface area contributed by atoms with E-state index in [9.17, 15) is 9.18 Å². The van der Waals surface area contributed by atoms with Crippen molar-refractivity contribution in [1.29, 1.82) is 5.41 Å². The third kappa shape index (κ3) is 4.14. The van der Waals surface area contributed by atoms with E-state index in [4.69, 9.17) is 16.2 Å². The molecule has 2 aromatic carbocycles. The van der Waals surface area contributed by atoms with Crippen LogP contribution in [0, 0.1) is 18.2 Å². The highest BCUT2D eigenvalue weighted by atomic mass is 19.1. The maximum absolute atomic E-state index is 13.7. The number of nitrogen functional groups attached to an aromatic ring is 1. The van der Waals surface area contributed by atoms with Crippen molar-refractivity contribution < 1.29 is 14.3 Å². The number of anilines is 1. The summed E-state index contributed by atoms with van der Waals surface area (Å²) >= 11 is 0. The Labute approximate surface area is 167 Å². The van der Waals surface area contributed by atoms with E-state index in [2.05, 4.69) is 10.3 Å². The summed E-state index contributed by atoms with van der Waals surface area (Å²) in [7, 11) is 0. The number of amides is 1. The molecule has 0 bridgehead atoms. The molecule has 1 amide bonds. The summed E-state index contributed by atoms with van der Waals surface area (Å²) in [5, 5.41) is 19.2. The van der Waals surface area contributed by atoms with E-state index in [1.165, 1.54) is 6.07 Å². The number of benzene rings is 2. The Morgan fingerprint density at radius 2 is 2.07 bits per heavy atom. The zero-order valence-electron chi connectivity index (χ0n) is 15.9. The lowest BCUT2D eigenvalue weighted by molar-refractivity contribution is 0.0945. The van der Waals surface area contributed by atoms with Crippen LogP contribution in [0.1, 0.15) is 21.5 Å². The first kappa shape index (κ1) is 20.2. The molecule has 0 saturated heterocycles. The number of aromatic nitrogens is 1. The molecule has 0 aliphatic carbocycles. The van der Waals surface area contributed by atoms with Gasteiger partial charge in [0, 0.05) is 35.6 Å². The maximum Gasteiger partial charge on any atom is 0.253 e. The third-order valence-corrected chi connectivity index (χ3v) is 4.56. The molecule has 3 rings (SSSR count). The first-order chi connectivity index (χ1) is 14.0. The Morgan fingerprint density at radius 3 is 2.76 bits per heavy atom. The summed E-state index contributed by atoms with van der Waals surface area (Å²) in [6.07, 6.45) is 2.72. The van der Waals surface area contributed by atoms with E-state index in [1.807, 2.05) is 6.07 Å². The van der Waals surface area contributed by atoms with Crippen LogP contribution in [0.25, 0.3) is 22.4 Å². The van der Waals surface area contributed by atoms with Gasteiger partial charge in [-0.2, -0.15) is 0 Å². The highest BCUT2D eigenvalue weighted by Crippen LogP contribution is 2.33. The van der Waals surface area contributed by atoms with Crippen molar-refractivity contribution in [2.45, 2.75) is 6.92 Å². The minimum Gasteiger partial charge on any atom is -0.398 e. The van der Waals surface area contributed by atoms with Gasteiger partial charge in [0.15, 0.2) is 0 Å². The zero-order chi connectivity index (χ0) is 21.0. The summed E-state index contributed by atoms with van der Waals surface area (Å²) in [4.78, 5) is 16.9. The van der Waals surface area contributed by atoms with Crippen LogP contribution < -0.4 is 11.1 Å². The SMILES string of the molecule is Cc1cc(-c2ncccc2-c2cc(C=N)c(N)c(C(=O)NCCO)c2)ccc1F. The Morgan fingerprint density at radius 1 is 1.28 bits per heavy atom. The highest BCUT2D eigenvalue weighted by Gasteiger charge is 2.17. The van der Waals surface area contributed by atoms with E-state index in [0.717, 1.165) is 17.3 Å². The van der Waals surface area contributed by atoms with Crippen molar-refractivity contribution in [2.24, 2.45) is 0 Å². The van der Waals surface area contributed by atoms with Crippen molar-refractivity contribution >= 4 is 17.8 Å². The van der Waals surface area contributed by atoms with Crippen molar-refractivity contribution in [3.8, 4) is 22.4 Å². The molecule has 1 heterocycles. The number of halogens is 1. The largest absolute Gasteiger partial charge is 0.398 e. The summed E-state index contributed by atoms with van der Waals surface area (Å²) in [6, 6.07) is 11.7. The molecule has 1 aromatic heterocycles. The first-order valence-corrected chi connectivity index (χ1v) is 9.01. The quantitative estimate of drug-likeness (QED) is 0.381. The molecule has 0 atom stereocenters. The van der Waals surface area contributed by atoms with Crippen molar-refractivity contribution in [1.82, 2.24) is 10.3 Å². The molecule has 5 N–H and O–H groups in total. The highest BCUT2D eigenvalue weighted by molar-refractivity contribution is 6.05. The lowest BCUT2D eigenvalue weighted by Gasteiger charge is -2.14. The summed E-state index contributed by atoms with van der Waals surface area (Å²) in [5.74, 6) is -0.739. The molecule has 0 radical (unpaired) electrons. The third-order valence-electron chi connectivity index (χ3n) is 4.56. The van der Waals surface area contributed by atoms with E-state index in [0.29, 0.717) is 22.4 Å². The minimum absolute atomic E-state index is 0.0927. The van der Waals surface area contributed by atoms with Crippen molar-refractivity contribution in [2.75, 3.05) is 18.9 Å². The van der Waals surface area contributed by atoms with Gasteiger partial charge in [0.2, 0.25) is 0 Å². The minimum atomic E-state index is -0.440. The van der Waals surface area contributed by atoms with Gasteiger partial charge in [-0.25, -0.2) is 4.39 Å². The van der Waals surface area contributed by atoms with Crippen molar-refractivity contribution in [3.63, 3.8) is 0 Å². The summed E-state index contributed by atoms with van der Waals surface area (Å²) in [5.41, 5.74) is 10.1. The fourth-order valence-corrected chi connectivity index (χ4v) is 3.06. The number of aliphatic hydroxyl groups excluding tert-OH is 1. The topological polar surface area (TPSA) is 112 Å². The second-order valence-corrected chi connectivity index (χ2v) is 6.51. The lowest BCUT2D eigenvalue weighted by Crippen LogP contribution is -2.27. The van der Waals surface area contributed by atoms with Crippen LogP contribution in [-0.2, 0) is 0 Å². The number of rotatable bonds is 6. The second-order valence-electron chi connectivity index (χ2n) is 6.51. The van der Waals surface area contributed by atoms with Gasteiger partial charge in [-0.1, -0.05) is 6.07 Å². The van der Waals surface area contributed by atoms with Crippen LogP contribution >= 0.6 is 0 Å². The van der Waals surface area contributed by atoms with Gasteiger partial charge >= 0.3 is 0 Å². The first-order valence-electron chi connectivity index (χ1n) is 9.01.